The Balaban J connectivity index is 2.33. The Hall–Kier alpha value is -1.13. The second-order valence-electron chi connectivity index (χ2n) is 6.08. The highest BCUT2D eigenvalue weighted by atomic mass is 19.1. The van der Waals surface area contributed by atoms with Crippen LogP contribution < -0.4 is 10.6 Å². The van der Waals surface area contributed by atoms with Crippen molar-refractivity contribution in [3.63, 3.8) is 0 Å². The van der Waals surface area contributed by atoms with Gasteiger partial charge in [0.25, 0.3) is 0 Å². The maximum atomic E-state index is 14.2. The lowest BCUT2D eigenvalue weighted by molar-refractivity contribution is 0.337. The van der Waals surface area contributed by atoms with Gasteiger partial charge in [-0.1, -0.05) is 6.07 Å². The second kappa shape index (κ2) is 6.55. The molecule has 1 aromatic rings. The number of hydrogen-bond acceptors (Lipinski definition) is 3. The molecule has 0 radical (unpaired) electrons. The molecule has 3 nitrogen and oxygen atoms in total. The standard InChI is InChI=1S/C16H26FN3/c1-12(18)10-14-15(17)6-4-7-16(14)20-9-5-8-19(3)11-13(20)2/h4,6-7,12-13H,5,8-11,18H2,1-3H3. The minimum Gasteiger partial charge on any atom is -0.367 e. The summed E-state index contributed by atoms with van der Waals surface area (Å²) in [5.41, 5.74) is 7.67. The monoisotopic (exact) mass is 279 g/mol. The number of likely N-dealkylation sites (N-methyl/N-ethyl adjacent to an activating group) is 1. The molecule has 0 aliphatic carbocycles. The summed E-state index contributed by atoms with van der Waals surface area (Å²) >= 11 is 0. The molecule has 1 aliphatic heterocycles. The van der Waals surface area contributed by atoms with E-state index in [1.807, 2.05) is 13.0 Å². The lowest BCUT2D eigenvalue weighted by Gasteiger charge is -2.32. The molecule has 1 heterocycles. The average Bonchev–Trinajstić information content (AvgIpc) is 2.52. The van der Waals surface area contributed by atoms with Gasteiger partial charge in [0.05, 0.1) is 0 Å². The maximum absolute atomic E-state index is 14.2. The van der Waals surface area contributed by atoms with Crippen LogP contribution in [0.15, 0.2) is 18.2 Å². The molecule has 2 unspecified atom stereocenters. The second-order valence-corrected chi connectivity index (χ2v) is 6.08. The third kappa shape index (κ3) is 3.49. The van der Waals surface area contributed by atoms with Crippen LogP contribution in [0.3, 0.4) is 0 Å². The van der Waals surface area contributed by atoms with Crippen LogP contribution in [0.5, 0.6) is 0 Å². The predicted octanol–water partition coefficient (Wildman–Crippen LogP) is 2.25. The molecule has 0 bridgehead atoms. The summed E-state index contributed by atoms with van der Waals surface area (Å²) < 4.78 is 14.2. The molecule has 2 rings (SSSR count). The Morgan fingerprint density at radius 2 is 2.15 bits per heavy atom. The molecule has 1 aromatic carbocycles. The molecular weight excluding hydrogens is 253 g/mol. The number of nitrogens with two attached hydrogens (primary N) is 1. The van der Waals surface area contributed by atoms with Crippen LogP contribution >= 0.6 is 0 Å². The molecule has 0 spiro atoms. The first kappa shape index (κ1) is 15.3. The van der Waals surface area contributed by atoms with Gasteiger partial charge in [0.1, 0.15) is 5.82 Å². The van der Waals surface area contributed by atoms with Crippen molar-refractivity contribution in [2.24, 2.45) is 5.73 Å². The van der Waals surface area contributed by atoms with Crippen LogP contribution in [-0.2, 0) is 6.42 Å². The zero-order valence-electron chi connectivity index (χ0n) is 12.8. The highest BCUT2D eigenvalue weighted by Gasteiger charge is 2.23. The van der Waals surface area contributed by atoms with Gasteiger partial charge in [-0.3, -0.25) is 0 Å². The number of halogens is 1. The van der Waals surface area contributed by atoms with Crippen LogP contribution in [0.25, 0.3) is 0 Å². The van der Waals surface area contributed by atoms with E-state index in [2.05, 4.69) is 23.8 Å². The van der Waals surface area contributed by atoms with Gasteiger partial charge in [0.15, 0.2) is 0 Å². The summed E-state index contributed by atoms with van der Waals surface area (Å²) in [6.07, 6.45) is 1.69. The van der Waals surface area contributed by atoms with E-state index in [-0.39, 0.29) is 11.9 Å². The van der Waals surface area contributed by atoms with Gasteiger partial charge in [0, 0.05) is 36.4 Å². The van der Waals surface area contributed by atoms with Gasteiger partial charge in [-0.15, -0.1) is 0 Å². The van der Waals surface area contributed by atoms with Crippen molar-refractivity contribution in [2.45, 2.75) is 38.8 Å². The van der Waals surface area contributed by atoms with Crippen LogP contribution in [-0.4, -0.2) is 43.7 Å². The molecule has 0 aromatic heterocycles. The van der Waals surface area contributed by atoms with Crippen LogP contribution in [0, 0.1) is 5.82 Å². The zero-order chi connectivity index (χ0) is 14.7. The zero-order valence-corrected chi connectivity index (χ0v) is 12.8. The third-order valence-corrected chi connectivity index (χ3v) is 3.98. The van der Waals surface area contributed by atoms with Gasteiger partial charge >= 0.3 is 0 Å². The van der Waals surface area contributed by atoms with Gasteiger partial charge in [-0.2, -0.15) is 0 Å². The van der Waals surface area contributed by atoms with Crippen molar-refractivity contribution in [1.29, 1.82) is 0 Å². The summed E-state index contributed by atoms with van der Waals surface area (Å²) in [6, 6.07) is 5.72. The van der Waals surface area contributed by atoms with E-state index in [0.717, 1.165) is 37.3 Å². The highest BCUT2D eigenvalue weighted by Crippen LogP contribution is 2.27. The number of rotatable bonds is 3. The molecule has 1 aliphatic rings. The van der Waals surface area contributed by atoms with Crippen molar-refractivity contribution in [3.05, 3.63) is 29.6 Å². The molecule has 112 valence electrons. The fourth-order valence-corrected chi connectivity index (χ4v) is 3.07. The summed E-state index contributed by atoms with van der Waals surface area (Å²) in [6.45, 7) is 7.21. The molecule has 0 amide bonds. The maximum Gasteiger partial charge on any atom is 0.128 e. The molecule has 20 heavy (non-hydrogen) atoms. The van der Waals surface area contributed by atoms with E-state index < -0.39 is 0 Å². The van der Waals surface area contributed by atoms with E-state index in [9.17, 15) is 4.39 Å². The third-order valence-electron chi connectivity index (χ3n) is 3.98. The molecule has 1 fully saturated rings. The molecular formula is C16H26FN3. The Kier molecular flexibility index (Phi) is 5.00. The largest absolute Gasteiger partial charge is 0.367 e. The average molecular weight is 279 g/mol. The Morgan fingerprint density at radius 3 is 2.85 bits per heavy atom. The number of nitrogens with zero attached hydrogens (tertiary/aromatic N) is 2. The first-order valence-corrected chi connectivity index (χ1v) is 7.47. The van der Waals surface area contributed by atoms with Gasteiger partial charge in [0.2, 0.25) is 0 Å². The van der Waals surface area contributed by atoms with Crippen molar-refractivity contribution >= 4 is 5.69 Å². The van der Waals surface area contributed by atoms with Crippen LogP contribution in [0.1, 0.15) is 25.8 Å². The Morgan fingerprint density at radius 1 is 1.40 bits per heavy atom. The minimum absolute atomic E-state index is 0.0318. The van der Waals surface area contributed by atoms with E-state index in [4.69, 9.17) is 5.73 Å². The van der Waals surface area contributed by atoms with Crippen molar-refractivity contribution < 1.29 is 4.39 Å². The predicted molar refractivity (Wildman–Crippen MR) is 82.7 cm³/mol. The van der Waals surface area contributed by atoms with Gasteiger partial charge < -0.3 is 15.5 Å². The normalized spacial score (nSPS) is 22.6. The van der Waals surface area contributed by atoms with Crippen molar-refractivity contribution in [3.8, 4) is 0 Å². The Labute approximate surface area is 121 Å². The van der Waals surface area contributed by atoms with Gasteiger partial charge in [-0.25, -0.2) is 4.39 Å². The van der Waals surface area contributed by atoms with E-state index >= 15 is 0 Å². The lowest BCUT2D eigenvalue weighted by atomic mass is 10.0. The topological polar surface area (TPSA) is 32.5 Å². The summed E-state index contributed by atoms with van der Waals surface area (Å²) in [5, 5.41) is 0. The highest BCUT2D eigenvalue weighted by molar-refractivity contribution is 5.55. The van der Waals surface area contributed by atoms with E-state index in [1.54, 1.807) is 6.07 Å². The smallest absolute Gasteiger partial charge is 0.128 e. The number of anilines is 1. The number of hydrogen-bond donors (Lipinski definition) is 1. The van der Waals surface area contributed by atoms with Gasteiger partial charge in [-0.05, 0) is 52.4 Å². The summed E-state index contributed by atoms with van der Waals surface area (Å²) in [7, 11) is 2.15. The first-order valence-electron chi connectivity index (χ1n) is 7.47. The molecule has 4 heteroatoms. The van der Waals surface area contributed by atoms with Crippen LogP contribution in [0.2, 0.25) is 0 Å². The van der Waals surface area contributed by atoms with E-state index in [1.165, 1.54) is 6.07 Å². The Bertz CT molecular complexity index is 447. The molecule has 1 saturated heterocycles. The molecule has 2 N–H and O–H groups in total. The lowest BCUT2D eigenvalue weighted by Crippen LogP contribution is -2.38. The van der Waals surface area contributed by atoms with Crippen molar-refractivity contribution in [2.75, 3.05) is 31.6 Å². The molecule has 2 atom stereocenters. The van der Waals surface area contributed by atoms with E-state index in [0.29, 0.717) is 12.5 Å². The van der Waals surface area contributed by atoms with Crippen LogP contribution in [0.4, 0.5) is 10.1 Å². The fraction of sp³-hybridized carbons (Fsp3) is 0.625. The minimum atomic E-state index is -0.135. The quantitative estimate of drug-likeness (QED) is 0.921. The SMILES string of the molecule is CC(N)Cc1c(F)cccc1N1CCCN(C)CC1C. The molecule has 0 saturated carbocycles. The van der Waals surface area contributed by atoms with Crippen molar-refractivity contribution in [1.82, 2.24) is 4.90 Å². The summed E-state index contributed by atoms with van der Waals surface area (Å²) in [5.74, 6) is -0.135. The summed E-state index contributed by atoms with van der Waals surface area (Å²) in [4.78, 5) is 4.68. The fourth-order valence-electron chi connectivity index (χ4n) is 3.07. The number of benzene rings is 1. The first-order chi connectivity index (χ1) is 9.49.